The minimum Gasteiger partial charge on any atom is -0.357 e. The Morgan fingerprint density at radius 3 is 2.00 bits per heavy atom. The zero-order valence-corrected chi connectivity index (χ0v) is 18.1. The summed E-state index contributed by atoms with van der Waals surface area (Å²) in [4.78, 5) is 37.3. The van der Waals surface area contributed by atoms with Gasteiger partial charge in [0.25, 0.3) is 24.1 Å². The van der Waals surface area contributed by atoms with E-state index in [1.165, 1.54) is 31.7 Å². The molecular formula is C23H24F2N4O4. The van der Waals surface area contributed by atoms with Gasteiger partial charge in [-0.1, -0.05) is 24.0 Å². The normalized spacial score (nSPS) is 11.2. The van der Waals surface area contributed by atoms with E-state index in [2.05, 4.69) is 22.5 Å². The topological polar surface area (TPSA) is 111 Å². The monoisotopic (exact) mass is 458 g/mol. The Hall–Kier alpha value is -3.81. The smallest absolute Gasteiger partial charge is 0.275 e. The van der Waals surface area contributed by atoms with Crippen LogP contribution in [0.4, 0.5) is 8.78 Å². The first-order valence-corrected chi connectivity index (χ1v) is 9.89. The van der Waals surface area contributed by atoms with Gasteiger partial charge in [0.1, 0.15) is 0 Å². The maximum atomic E-state index is 12.7. The lowest BCUT2D eigenvalue weighted by Crippen LogP contribution is -2.54. The van der Waals surface area contributed by atoms with Gasteiger partial charge in [0.05, 0.1) is 6.54 Å². The Labute approximate surface area is 189 Å². The largest absolute Gasteiger partial charge is 0.357 e. The fraction of sp³-hybridized carbons (Fsp3) is 0.261. The number of amides is 3. The van der Waals surface area contributed by atoms with E-state index in [0.717, 1.165) is 16.0 Å². The van der Waals surface area contributed by atoms with Crippen molar-refractivity contribution in [2.45, 2.75) is 19.0 Å². The van der Waals surface area contributed by atoms with Crippen molar-refractivity contribution in [3.63, 3.8) is 0 Å². The molecule has 8 nitrogen and oxygen atoms in total. The van der Waals surface area contributed by atoms with Crippen molar-refractivity contribution in [1.29, 1.82) is 0 Å². The molecular weight excluding hydrogens is 434 g/mol. The van der Waals surface area contributed by atoms with Gasteiger partial charge < -0.3 is 15.5 Å². The fourth-order valence-electron chi connectivity index (χ4n) is 2.86. The summed E-state index contributed by atoms with van der Waals surface area (Å²) in [5.74, 6) is 3.55. The number of rotatable bonds is 8. The van der Waals surface area contributed by atoms with Crippen LogP contribution in [0, 0.1) is 11.8 Å². The van der Waals surface area contributed by atoms with Crippen LogP contribution in [0.3, 0.4) is 0 Å². The molecule has 0 aliphatic carbocycles. The van der Waals surface area contributed by atoms with Gasteiger partial charge in [0, 0.05) is 37.3 Å². The highest BCUT2D eigenvalue weighted by Gasteiger charge is 2.33. The van der Waals surface area contributed by atoms with Crippen LogP contribution in [0.25, 0.3) is 0 Å². The summed E-state index contributed by atoms with van der Waals surface area (Å²) in [5, 5.41) is 13.8. The van der Waals surface area contributed by atoms with Crippen molar-refractivity contribution in [2.24, 2.45) is 0 Å². The molecule has 33 heavy (non-hydrogen) atoms. The summed E-state index contributed by atoms with van der Waals surface area (Å²) < 4.78 is 24.3. The van der Waals surface area contributed by atoms with Crippen LogP contribution in [0.15, 0.2) is 48.5 Å². The van der Waals surface area contributed by atoms with Crippen molar-refractivity contribution >= 4 is 17.7 Å². The first-order chi connectivity index (χ1) is 15.8. The van der Waals surface area contributed by atoms with Gasteiger partial charge in [-0.3, -0.25) is 19.6 Å². The summed E-state index contributed by atoms with van der Waals surface area (Å²) in [5.41, 5.74) is 3.83. The molecule has 1 unspecified atom stereocenters. The molecule has 0 aromatic heterocycles. The van der Waals surface area contributed by atoms with Gasteiger partial charge in [-0.25, -0.2) is 14.3 Å². The Balaban J connectivity index is 2.05. The highest BCUT2D eigenvalue weighted by atomic mass is 19.3. The third-order valence-electron chi connectivity index (χ3n) is 4.63. The average Bonchev–Trinajstić information content (AvgIpc) is 2.82. The second-order valence-electron chi connectivity index (χ2n) is 6.96. The number of likely N-dealkylation sites (N-methyl/N-ethyl adjacent to an activating group) is 2. The first kappa shape index (κ1) is 25.5. The zero-order chi connectivity index (χ0) is 24.4. The molecule has 2 aromatic carbocycles. The maximum absolute atomic E-state index is 12.7. The highest BCUT2D eigenvalue weighted by molar-refractivity contribution is 6.08. The Morgan fingerprint density at radius 2 is 1.52 bits per heavy atom. The van der Waals surface area contributed by atoms with Gasteiger partial charge >= 0.3 is 0 Å². The minimum absolute atomic E-state index is 0.225. The number of halogens is 2. The molecule has 0 spiro atoms. The van der Waals surface area contributed by atoms with Crippen LogP contribution < -0.4 is 16.1 Å². The molecule has 10 heteroatoms. The molecule has 0 heterocycles. The van der Waals surface area contributed by atoms with Crippen molar-refractivity contribution in [1.82, 2.24) is 21.0 Å². The predicted molar refractivity (Wildman–Crippen MR) is 116 cm³/mol. The van der Waals surface area contributed by atoms with Crippen molar-refractivity contribution in [3.05, 3.63) is 70.8 Å². The minimum atomic E-state index is -2.39. The highest BCUT2D eigenvalue weighted by Crippen LogP contribution is 2.10. The summed E-state index contributed by atoms with van der Waals surface area (Å²) in [6.07, 6.45) is -2.39. The molecule has 4 N–H and O–H groups in total. The van der Waals surface area contributed by atoms with E-state index in [-0.39, 0.29) is 12.1 Å². The number of nitrogens with zero attached hydrogens (tertiary/aromatic N) is 1. The molecule has 174 valence electrons. The number of hydrogen-bond donors (Lipinski definition) is 4. The summed E-state index contributed by atoms with van der Waals surface area (Å²) in [6.45, 7) is -0.0281. The van der Waals surface area contributed by atoms with Crippen LogP contribution in [0.1, 0.15) is 27.0 Å². The van der Waals surface area contributed by atoms with E-state index < -0.39 is 30.2 Å². The number of carbonyl (C=O) groups excluding carboxylic acids is 3. The van der Waals surface area contributed by atoms with E-state index in [1.54, 1.807) is 36.4 Å². The first-order valence-electron chi connectivity index (χ1n) is 9.89. The van der Waals surface area contributed by atoms with Crippen molar-refractivity contribution < 1.29 is 28.4 Å². The Morgan fingerprint density at radius 1 is 0.970 bits per heavy atom. The summed E-state index contributed by atoms with van der Waals surface area (Å²) in [6, 6.07) is 11.9. The third-order valence-corrected chi connectivity index (χ3v) is 4.63. The van der Waals surface area contributed by atoms with E-state index in [0.29, 0.717) is 12.1 Å². The second-order valence-corrected chi connectivity index (χ2v) is 6.96. The predicted octanol–water partition coefficient (Wildman–Crippen LogP) is 1.13. The van der Waals surface area contributed by atoms with Gasteiger partial charge in [0.15, 0.2) is 6.04 Å². The standard InChI is InChI=1S/C23H24F2N4O4/c1-26-21(30)20(22(31)28-33)29(2)23(32)18-11-9-16(10-12-18)4-3-15-5-7-17(8-6-15)13-27-14-19(24)25/h5-12,19-20,27,33H,13-14H2,1-2H3,(H,26,30)(H,28,31). The van der Waals surface area contributed by atoms with Crippen LogP contribution in [-0.2, 0) is 16.1 Å². The lowest BCUT2D eigenvalue weighted by Gasteiger charge is -2.25. The number of carbonyl (C=O) groups is 3. The maximum Gasteiger partial charge on any atom is 0.275 e. The summed E-state index contributed by atoms with van der Waals surface area (Å²) in [7, 11) is 2.58. The molecule has 0 radical (unpaired) electrons. The molecule has 0 fully saturated rings. The number of hydroxylamine groups is 1. The molecule has 2 aromatic rings. The number of benzene rings is 2. The fourth-order valence-corrected chi connectivity index (χ4v) is 2.86. The number of nitrogens with one attached hydrogen (secondary N) is 3. The number of hydrogen-bond acceptors (Lipinski definition) is 5. The SMILES string of the molecule is CNC(=O)C(C(=O)NO)N(C)C(=O)c1ccc(C#Cc2ccc(CNCC(F)F)cc2)cc1. The third kappa shape index (κ3) is 7.38. The average molecular weight is 458 g/mol. The Bertz CT molecular complexity index is 1020. The van der Waals surface area contributed by atoms with Crippen molar-refractivity contribution in [2.75, 3.05) is 20.6 Å². The molecule has 0 aliphatic rings. The van der Waals surface area contributed by atoms with Gasteiger partial charge in [-0.2, -0.15) is 0 Å². The zero-order valence-electron chi connectivity index (χ0n) is 18.1. The quantitative estimate of drug-likeness (QED) is 0.205. The van der Waals surface area contributed by atoms with Gasteiger partial charge in [-0.05, 0) is 42.0 Å². The van der Waals surface area contributed by atoms with E-state index in [4.69, 9.17) is 5.21 Å². The molecule has 1 atom stereocenters. The lowest BCUT2D eigenvalue weighted by atomic mass is 10.1. The second kappa shape index (κ2) is 12.3. The molecule has 0 bridgehead atoms. The molecule has 0 aliphatic heterocycles. The van der Waals surface area contributed by atoms with Crippen LogP contribution in [0.5, 0.6) is 0 Å². The van der Waals surface area contributed by atoms with Gasteiger partial charge in [0.2, 0.25) is 0 Å². The van der Waals surface area contributed by atoms with Crippen LogP contribution in [0.2, 0.25) is 0 Å². The summed E-state index contributed by atoms with van der Waals surface area (Å²) >= 11 is 0. The molecule has 0 saturated heterocycles. The van der Waals surface area contributed by atoms with E-state index >= 15 is 0 Å². The lowest BCUT2D eigenvalue weighted by molar-refractivity contribution is -0.140. The molecule has 3 amide bonds. The molecule has 0 saturated carbocycles. The number of alkyl halides is 2. The van der Waals surface area contributed by atoms with E-state index in [9.17, 15) is 23.2 Å². The van der Waals surface area contributed by atoms with Gasteiger partial charge in [-0.15, -0.1) is 0 Å². The Kier molecular flexibility index (Phi) is 9.47. The van der Waals surface area contributed by atoms with Crippen molar-refractivity contribution in [3.8, 4) is 11.8 Å². The molecule has 2 rings (SSSR count). The van der Waals surface area contributed by atoms with E-state index in [1.807, 2.05) is 0 Å². The van der Waals surface area contributed by atoms with Crippen LogP contribution in [-0.4, -0.2) is 60.9 Å². The van der Waals surface area contributed by atoms with Crippen LogP contribution >= 0.6 is 0 Å².